The highest BCUT2D eigenvalue weighted by Gasteiger charge is 2.26. The van der Waals surface area contributed by atoms with Crippen molar-refractivity contribution in [3.63, 3.8) is 0 Å². The minimum Gasteiger partial charge on any atom is -0.327 e. The number of hydrogen-bond donors (Lipinski definition) is 1. The van der Waals surface area contributed by atoms with Gasteiger partial charge in [0, 0.05) is 23.3 Å². The average molecular weight is 295 g/mol. The maximum Gasteiger partial charge on any atom is 0.0944 e. The van der Waals surface area contributed by atoms with Gasteiger partial charge in [0.05, 0.1) is 10.7 Å². The summed E-state index contributed by atoms with van der Waals surface area (Å²) in [5.74, 6) is 1.66. The quantitative estimate of drug-likeness (QED) is 0.886. The van der Waals surface area contributed by atoms with Crippen molar-refractivity contribution in [2.45, 2.75) is 77.7 Å². The van der Waals surface area contributed by atoms with Crippen molar-refractivity contribution in [3.05, 3.63) is 16.1 Å². The van der Waals surface area contributed by atoms with Crippen molar-refractivity contribution in [1.29, 1.82) is 0 Å². The van der Waals surface area contributed by atoms with Crippen LogP contribution in [-0.4, -0.2) is 11.0 Å². The van der Waals surface area contributed by atoms with Crippen LogP contribution in [0.2, 0.25) is 0 Å². The maximum atomic E-state index is 6.45. The summed E-state index contributed by atoms with van der Waals surface area (Å²) in [4.78, 5) is 4.79. The standard InChI is InChI=1S/C17H30N2S/c1-5-12-6-8-13(9-7-12)14(18)10-16-19-15(11-20-16)17(2,3)4/h11-14H,5-10,18H2,1-4H3. The molecule has 0 amide bonds. The predicted octanol–water partition coefficient (Wildman–Crippen LogP) is 4.53. The molecule has 1 fully saturated rings. The van der Waals surface area contributed by atoms with Crippen LogP contribution < -0.4 is 5.73 Å². The Balaban J connectivity index is 1.88. The third-order valence-electron chi connectivity index (χ3n) is 4.80. The van der Waals surface area contributed by atoms with Crippen molar-refractivity contribution in [2.24, 2.45) is 17.6 Å². The van der Waals surface area contributed by atoms with E-state index in [4.69, 9.17) is 10.7 Å². The van der Waals surface area contributed by atoms with E-state index in [-0.39, 0.29) is 5.41 Å². The van der Waals surface area contributed by atoms with Gasteiger partial charge in [0.2, 0.25) is 0 Å². The largest absolute Gasteiger partial charge is 0.327 e. The number of aromatic nitrogens is 1. The van der Waals surface area contributed by atoms with Gasteiger partial charge in [-0.2, -0.15) is 0 Å². The number of nitrogens with two attached hydrogens (primary N) is 1. The molecule has 0 saturated heterocycles. The Kier molecular flexibility index (Phi) is 5.25. The van der Waals surface area contributed by atoms with Crippen molar-refractivity contribution >= 4 is 11.3 Å². The van der Waals surface area contributed by atoms with Crippen LogP contribution in [0.15, 0.2) is 5.38 Å². The fourth-order valence-electron chi connectivity index (χ4n) is 3.14. The molecule has 0 aliphatic heterocycles. The Hall–Kier alpha value is -0.410. The fourth-order valence-corrected chi connectivity index (χ4v) is 4.24. The number of nitrogens with zero attached hydrogens (tertiary/aromatic N) is 1. The Morgan fingerprint density at radius 1 is 1.30 bits per heavy atom. The number of thiazole rings is 1. The minimum absolute atomic E-state index is 0.151. The summed E-state index contributed by atoms with van der Waals surface area (Å²) in [7, 11) is 0. The smallest absolute Gasteiger partial charge is 0.0944 e. The topological polar surface area (TPSA) is 38.9 Å². The Morgan fingerprint density at radius 2 is 1.95 bits per heavy atom. The van der Waals surface area contributed by atoms with Gasteiger partial charge in [-0.15, -0.1) is 11.3 Å². The molecule has 3 heteroatoms. The molecule has 1 aliphatic rings. The molecule has 1 unspecified atom stereocenters. The number of rotatable bonds is 4. The molecule has 0 aromatic carbocycles. The molecule has 114 valence electrons. The van der Waals surface area contributed by atoms with E-state index in [0.717, 1.165) is 12.3 Å². The molecule has 1 aliphatic carbocycles. The lowest BCUT2D eigenvalue weighted by molar-refractivity contribution is 0.238. The minimum atomic E-state index is 0.151. The highest BCUT2D eigenvalue weighted by molar-refractivity contribution is 7.09. The van der Waals surface area contributed by atoms with Crippen LogP contribution in [-0.2, 0) is 11.8 Å². The summed E-state index contributed by atoms with van der Waals surface area (Å²) < 4.78 is 0. The van der Waals surface area contributed by atoms with Gasteiger partial charge >= 0.3 is 0 Å². The molecule has 20 heavy (non-hydrogen) atoms. The summed E-state index contributed by atoms with van der Waals surface area (Å²) >= 11 is 1.78. The summed E-state index contributed by atoms with van der Waals surface area (Å²) in [6.45, 7) is 8.97. The van der Waals surface area contributed by atoms with E-state index in [1.165, 1.54) is 42.8 Å². The molecule has 0 bridgehead atoms. The van der Waals surface area contributed by atoms with Gasteiger partial charge in [-0.05, 0) is 24.7 Å². The van der Waals surface area contributed by atoms with Gasteiger partial charge in [0.1, 0.15) is 0 Å². The Morgan fingerprint density at radius 3 is 2.45 bits per heavy atom. The fraction of sp³-hybridized carbons (Fsp3) is 0.824. The molecule has 1 heterocycles. The van der Waals surface area contributed by atoms with E-state index in [1.807, 2.05) is 0 Å². The molecule has 0 radical (unpaired) electrons. The van der Waals surface area contributed by atoms with E-state index < -0.39 is 0 Å². The molecular weight excluding hydrogens is 264 g/mol. The zero-order valence-electron chi connectivity index (χ0n) is 13.5. The molecule has 1 saturated carbocycles. The van der Waals surface area contributed by atoms with Crippen LogP contribution in [0.25, 0.3) is 0 Å². The van der Waals surface area contributed by atoms with Gasteiger partial charge in [-0.3, -0.25) is 0 Å². The highest BCUT2D eigenvalue weighted by Crippen LogP contribution is 2.33. The molecule has 1 aromatic heterocycles. The summed E-state index contributed by atoms with van der Waals surface area (Å²) in [6, 6.07) is 0.298. The third kappa shape index (κ3) is 4.05. The zero-order chi connectivity index (χ0) is 14.8. The highest BCUT2D eigenvalue weighted by atomic mass is 32.1. The summed E-state index contributed by atoms with van der Waals surface area (Å²) in [5.41, 5.74) is 7.81. The van der Waals surface area contributed by atoms with Gasteiger partial charge in [0.15, 0.2) is 0 Å². The van der Waals surface area contributed by atoms with E-state index in [9.17, 15) is 0 Å². The van der Waals surface area contributed by atoms with E-state index in [0.29, 0.717) is 12.0 Å². The van der Waals surface area contributed by atoms with Crippen molar-refractivity contribution in [1.82, 2.24) is 4.98 Å². The second-order valence-corrected chi connectivity index (χ2v) is 8.38. The molecule has 0 spiro atoms. The molecule has 2 nitrogen and oxygen atoms in total. The van der Waals surface area contributed by atoms with Crippen LogP contribution in [0, 0.1) is 11.8 Å². The Bertz CT molecular complexity index is 411. The zero-order valence-corrected chi connectivity index (χ0v) is 14.3. The molecule has 1 atom stereocenters. The Labute approximate surface area is 128 Å². The maximum absolute atomic E-state index is 6.45. The van der Waals surface area contributed by atoms with Gasteiger partial charge in [-0.1, -0.05) is 47.0 Å². The first-order valence-electron chi connectivity index (χ1n) is 8.10. The van der Waals surface area contributed by atoms with Crippen molar-refractivity contribution < 1.29 is 0 Å². The predicted molar refractivity (Wildman–Crippen MR) is 88.2 cm³/mol. The van der Waals surface area contributed by atoms with E-state index in [2.05, 4.69) is 33.1 Å². The molecular formula is C17H30N2S. The van der Waals surface area contributed by atoms with Crippen LogP contribution in [0.5, 0.6) is 0 Å². The van der Waals surface area contributed by atoms with Gasteiger partial charge in [0.25, 0.3) is 0 Å². The van der Waals surface area contributed by atoms with Crippen molar-refractivity contribution in [2.75, 3.05) is 0 Å². The van der Waals surface area contributed by atoms with E-state index >= 15 is 0 Å². The third-order valence-corrected chi connectivity index (χ3v) is 5.68. The lowest BCUT2D eigenvalue weighted by atomic mass is 9.77. The van der Waals surface area contributed by atoms with Crippen LogP contribution in [0.4, 0.5) is 0 Å². The normalized spacial score (nSPS) is 25.6. The first-order chi connectivity index (χ1) is 9.40. The average Bonchev–Trinajstić information content (AvgIpc) is 2.87. The summed E-state index contributed by atoms with van der Waals surface area (Å²) in [5, 5.41) is 3.43. The molecule has 2 N–H and O–H groups in total. The summed E-state index contributed by atoms with van der Waals surface area (Å²) in [6.07, 6.45) is 7.68. The molecule has 2 rings (SSSR count). The first-order valence-corrected chi connectivity index (χ1v) is 8.98. The molecule has 1 aromatic rings. The van der Waals surface area contributed by atoms with Crippen LogP contribution in [0.1, 0.15) is 70.5 Å². The lowest BCUT2D eigenvalue weighted by Gasteiger charge is -2.31. The second kappa shape index (κ2) is 6.57. The number of hydrogen-bond acceptors (Lipinski definition) is 3. The van der Waals surface area contributed by atoms with Crippen LogP contribution in [0.3, 0.4) is 0 Å². The first kappa shape index (κ1) is 16.0. The van der Waals surface area contributed by atoms with Crippen molar-refractivity contribution in [3.8, 4) is 0 Å². The van der Waals surface area contributed by atoms with Gasteiger partial charge in [-0.25, -0.2) is 4.98 Å². The van der Waals surface area contributed by atoms with Gasteiger partial charge < -0.3 is 5.73 Å². The monoisotopic (exact) mass is 294 g/mol. The SMILES string of the molecule is CCC1CCC(C(N)Cc2nc(C(C)(C)C)cs2)CC1. The lowest BCUT2D eigenvalue weighted by Crippen LogP contribution is -2.34. The van der Waals surface area contributed by atoms with E-state index in [1.54, 1.807) is 11.3 Å². The second-order valence-electron chi connectivity index (χ2n) is 7.43. The van der Waals surface area contributed by atoms with Crippen LogP contribution >= 0.6 is 11.3 Å².